The fourth-order valence-electron chi connectivity index (χ4n) is 6.98. The van der Waals surface area contributed by atoms with Crippen LogP contribution in [-0.2, 0) is 22.5 Å². The van der Waals surface area contributed by atoms with Crippen molar-refractivity contribution in [2.75, 3.05) is 43.6 Å². The average molecular weight is 527 g/mol. The van der Waals surface area contributed by atoms with E-state index in [1.54, 1.807) is 0 Å². The van der Waals surface area contributed by atoms with Crippen LogP contribution in [0.2, 0.25) is 0 Å². The number of nitrogens with one attached hydrogen (secondary N) is 1. The molecule has 0 unspecified atom stereocenters. The summed E-state index contributed by atoms with van der Waals surface area (Å²) in [4.78, 5) is 39.2. The smallest absolute Gasteiger partial charge is 0.240 e. The molecule has 3 aromatic heterocycles. The van der Waals surface area contributed by atoms with Crippen LogP contribution < -0.4 is 10.2 Å². The molecule has 39 heavy (non-hydrogen) atoms. The second kappa shape index (κ2) is 9.09. The molecule has 0 spiro atoms. The number of carbonyl (C=O) groups excluding carboxylic acids is 1. The summed E-state index contributed by atoms with van der Waals surface area (Å²) in [6.45, 7) is 3.81. The zero-order valence-corrected chi connectivity index (χ0v) is 22.3. The molecular formula is C29H34N8O2. The Bertz CT molecular complexity index is 1440. The van der Waals surface area contributed by atoms with Crippen molar-refractivity contribution in [1.29, 1.82) is 0 Å². The molecule has 4 fully saturated rings. The number of carbonyl (C=O) groups is 1. The molecule has 3 aromatic rings. The number of rotatable bonds is 5. The molecule has 1 N–H and O–H groups in total. The summed E-state index contributed by atoms with van der Waals surface area (Å²) in [6, 6.07) is 7.34. The first-order chi connectivity index (χ1) is 19.1. The van der Waals surface area contributed by atoms with Crippen molar-refractivity contribution in [3.63, 3.8) is 0 Å². The van der Waals surface area contributed by atoms with E-state index >= 15 is 0 Å². The van der Waals surface area contributed by atoms with Crippen LogP contribution in [-0.4, -0.2) is 87.1 Å². The Morgan fingerprint density at radius 3 is 2.54 bits per heavy atom. The van der Waals surface area contributed by atoms with E-state index in [0.29, 0.717) is 37.0 Å². The highest BCUT2D eigenvalue weighted by molar-refractivity contribution is 5.90. The molecule has 0 aliphatic carbocycles. The predicted molar refractivity (Wildman–Crippen MR) is 147 cm³/mol. The van der Waals surface area contributed by atoms with Crippen LogP contribution in [0.5, 0.6) is 0 Å². The predicted octanol–water partition coefficient (Wildman–Crippen LogP) is 3.00. The SMILES string of the molecule is CN1CC[C@H]1C(=O)N1CCc2nc(Nc3ncc4cc(C5COC5)nc(N5C6CCC5CC6)c4n3)ccc2C1. The van der Waals surface area contributed by atoms with Gasteiger partial charge in [-0.2, -0.15) is 0 Å². The maximum atomic E-state index is 12.9. The fraction of sp³-hybridized carbons (Fsp3) is 0.552. The van der Waals surface area contributed by atoms with Gasteiger partial charge in [0.2, 0.25) is 11.9 Å². The van der Waals surface area contributed by atoms with Crippen molar-refractivity contribution in [2.24, 2.45) is 0 Å². The van der Waals surface area contributed by atoms with Gasteiger partial charge in [0.1, 0.15) is 11.3 Å². The first-order valence-corrected chi connectivity index (χ1v) is 14.4. The molecule has 5 aliphatic heterocycles. The standard InChI is InChI=1S/C29H34N8O2/c1-35-10-9-24(35)28(38)36-11-8-22-17(14-36)2-7-25(31-22)33-29-30-13-18-12-23(19-15-39-16-19)32-27(26(18)34-29)37-20-3-4-21(37)6-5-20/h2,7,12-13,19-21,24H,3-6,8-11,14-16H2,1H3,(H,30,31,33,34)/t20?,21?,24-/m0/s1. The molecule has 0 aromatic carbocycles. The second-order valence-corrected chi connectivity index (χ2v) is 11.8. The van der Waals surface area contributed by atoms with Gasteiger partial charge in [0.15, 0.2) is 5.82 Å². The summed E-state index contributed by atoms with van der Waals surface area (Å²) in [7, 11) is 2.02. The molecular weight excluding hydrogens is 492 g/mol. The molecule has 8 heterocycles. The van der Waals surface area contributed by atoms with Gasteiger partial charge in [0, 0.05) is 61.3 Å². The van der Waals surface area contributed by atoms with Crippen LogP contribution in [0, 0.1) is 0 Å². The number of ether oxygens (including phenoxy) is 1. The number of likely N-dealkylation sites (N-methyl/N-ethyl adjacent to an activating group) is 1. The first-order valence-electron chi connectivity index (χ1n) is 14.4. The van der Waals surface area contributed by atoms with Gasteiger partial charge >= 0.3 is 0 Å². The molecule has 2 bridgehead atoms. The minimum Gasteiger partial charge on any atom is -0.380 e. The summed E-state index contributed by atoms with van der Waals surface area (Å²) in [5.74, 6) is 2.86. The average Bonchev–Trinajstić information content (AvgIpc) is 3.51. The lowest BCUT2D eigenvalue weighted by Gasteiger charge is -2.40. The molecule has 1 atom stereocenters. The van der Waals surface area contributed by atoms with Crippen molar-refractivity contribution < 1.29 is 9.53 Å². The Morgan fingerprint density at radius 1 is 1.03 bits per heavy atom. The highest BCUT2D eigenvalue weighted by atomic mass is 16.5. The summed E-state index contributed by atoms with van der Waals surface area (Å²) < 4.78 is 5.46. The Hall–Kier alpha value is -3.37. The van der Waals surface area contributed by atoms with Crippen LogP contribution in [0.4, 0.5) is 17.6 Å². The summed E-state index contributed by atoms with van der Waals surface area (Å²) in [5, 5.41) is 4.38. The minimum atomic E-state index is 0.0405. The Morgan fingerprint density at radius 2 is 1.85 bits per heavy atom. The number of hydrogen-bond acceptors (Lipinski definition) is 9. The van der Waals surface area contributed by atoms with Crippen molar-refractivity contribution in [1.82, 2.24) is 29.7 Å². The quantitative estimate of drug-likeness (QED) is 0.538. The van der Waals surface area contributed by atoms with E-state index in [-0.39, 0.29) is 11.9 Å². The molecule has 10 heteroatoms. The molecule has 4 saturated heterocycles. The van der Waals surface area contributed by atoms with Crippen LogP contribution in [0.3, 0.4) is 0 Å². The van der Waals surface area contributed by atoms with Crippen LogP contribution in [0.1, 0.15) is 55.0 Å². The van der Waals surface area contributed by atoms with Gasteiger partial charge in [-0.3, -0.25) is 9.69 Å². The van der Waals surface area contributed by atoms with E-state index in [1.165, 1.54) is 25.7 Å². The van der Waals surface area contributed by atoms with E-state index < -0.39 is 0 Å². The molecule has 0 saturated carbocycles. The number of likely N-dealkylation sites (tertiary alicyclic amines) is 1. The molecule has 5 aliphatic rings. The number of hydrogen-bond donors (Lipinski definition) is 1. The largest absolute Gasteiger partial charge is 0.380 e. The lowest BCUT2D eigenvalue weighted by Crippen LogP contribution is -2.55. The Balaban J connectivity index is 1.06. The Labute approximate surface area is 227 Å². The molecule has 0 radical (unpaired) electrons. The van der Waals surface area contributed by atoms with E-state index in [4.69, 9.17) is 19.7 Å². The van der Waals surface area contributed by atoms with Crippen LogP contribution in [0.25, 0.3) is 10.9 Å². The third-order valence-electron chi connectivity index (χ3n) is 9.49. The van der Waals surface area contributed by atoms with Crippen LogP contribution in [0.15, 0.2) is 24.4 Å². The second-order valence-electron chi connectivity index (χ2n) is 11.8. The van der Waals surface area contributed by atoms with Crippen molar-refractivity contribution in [3.8, 4) is 0 Å². The normalized spacial score (nSPS) is 26.4. The van der Waals surface area contributed by atoms with Gasteiger partial charge in [-0.05, 0) is 56.8 Å². The zero-order valence-electron chi connectivity index (χ0n) is 22.3. The molecule has 1 amide bonds. The highest BCUT2D eigenvalue weighted by Gasteiger charge is 2.41. The summed E-state index contributed by atoms with van der Waals surface area (Å²) in [6.07, 6.45) is 8.57. The minimum absolute atomic E-state index is 0.0405. The molecule has 8 rings (SSSR count). The lowest BCUT2D eigenvalue weighted by atomic mass is 10.00. The van der Waals surface area contributed by atoms with Crippen molar-refractivity contribution >= 4 is 34.4 Å². The van der Waals surface area contributed by atoms with Gasteiger partial charge < -0.3 is 19.9 Å². The zero-order chi connectivity index (χ0) is 26.1. The number of pyridine rings is 2. The van der Waals surface area contributed by atoms with Gasteiger partial charge in [-0.1, -0.05) is 6.07 Å². The monoisotopic (exact) mass is 526 g/mol. The number of aromatic nitrogens is 4. The number of amides is 1. The maximum Gasteiger partial charge on any atom is 0.240 e. The Kier molecular flexibility index (Phi) is 5.48. The third-order valence-corrected chi connectivity index (χ3v) is 9.49. The highest BCUT2D eigenvalue weighted by Crippen LogP contribution is 2.43. The van der Waals surface area contributed by atoms with Gasteiger partial charge in [-0.25, -0.2) is 19.9 Å². The van der Waals surface area contributed by atoms with E-state index in [2.05, 4.69) is 32.2 Å². The topological polar surface area (TPSA) is 99.6 Å². The van der Waals surface area contributed by atoms with E-state index in [1.807, 2.05) is 24.2 Å². The van der Waals surface area contributed by atoms with Gasteiger partial charge in [-0.15, -0.1) is 0 Å². The molecule has 202 valence electrons. The number of anilines is 3. The van der Waals surface area contributed by atoms with Crippen molar-refractivity contribution in [3.05, 3.63) is 41.3 Å². The van der Waals surface area contributed by atoms with E-state index in [9.17, 15) is 4.79 Å². The van der Waals surface area contributed by atoms with Crippen LogP contribution >= 0.6 is 0 Å². The lowest BCUT2D eigenvalue weighted by molar-refractivity contribution is -0.141. The number of nitrogens with zero attached hydrogens (tertiary/aromatic N) is 7. The van der Waals surface area contributed by atoms with Gasteiger partial charge in [0.25, 0.3) is 0 Å². The molecule has 10 nitrogen and oxygen atoms in total. The van der Waals surface area contributed by atoms with E-state index in [0.717, 1.165) is 72.1 Å². The third kappa shape index (κ3) is 3.95. The number of fused-ring (bicyclic) bond motifs is 4. The maximum absolute atomic E-state index is 12.9. The summed E-state index contributed by atoms with van der Waals surface area (Å²) >= 11 is 0. The van der Waals surface area contributed by atoms with Crippen molar-refractivity contribution in [2.45, 2.75) is 69.1 Å². The first kappa shape index (κ1) is 23.5. The van der Waals surface area contributed by atoms with Gasteiger partial charge in [0.05, 0.1) is 24.9 Å². The fourth-order valence-corrected chi connectivity index (χ4v) is 6.98. The summed E-state index contributed by atoms with van der Waals surface area (Å²) in [5.41, 5.74) is 4.15.